The molecule has 0 amide bonds. The maximum Gasteiger partial charge on any atom is 0.153 e. The van der Waals surface area contributed by atoms with Crippen molar-refractivity contribution in [3.05, 3.63) is 23.9 Å². The molecule has 0 atom stereocenters. The van der Waals surface area contributed by atoms with E-state index < -0.39 is 0 Å². The van der Waals surface area contributed by atoms with E-state index in [4.69, 9.17) is 0 Å². The van der Waals surface area contributed by atoms with Gasteiger partial charge in [0.25, 0.3) is 0 Å². The van der Waals surface area contributed by atoms with E-state index in [1.807, 2.05) is 12.1 Å². The van der Waals surface area contributed by atoms with Crippen LogP contribution < -0.4 is 4.90 Å². The molecule has 2 heterocycles. The summed E-state index contributed by atoms with van der Waals surface area (Å²) in [6.45, 7) is 2.05. The highest BCUT2D eigenvalue weighted by Crippen LogP contribution is 2.19. The third-order valence-electron chi connectivity index (χ3n) is 3.10. The number of aromatic nitrogens is 1. The lowest BCUT2D eigenvalue weighted by Crippen LogP contribution is -2.28. The first-order valence-corrected chi connectivity index (χ1v) is 6.07. The van der Waals surface area contributed by atoms with Gasteiger partial charge in [-0.15, -0.1) is 0 Å². The minimum absolute atomic E-state index is 0.711. The van der Waals surface area contributed by atoms with E-state index in [0.717, 1.165) is 25.2 Å². The molecular formula is C13H18N2O. The van der Waals surface area contributed by atoms with Gasteiger partial charge >= 0.3 is 0 Å². The molecule has 1 saturated heterocycles. The Morgan fingerprint density at radius 2 is 1.81 bits per heavy atom. The largest absolute Gasteiger partial charge is 0.356 e. The second-order valence-corrected chi connectivity index (χ2v) is 4.29. The van der Waals surface area contributed by atoms with Crippen molar-refractivity contribution in [1.29, 1.82) is 0 Å². The first-order chi connectivity index (χ1) is 7.92. The quantitative estimate of drug-likeness (QED) is 0.715. The number of hydrogen-bond donors (Lipinski definition) is 0. The van der Waals surface area contributed by atoms with Gasteiger partial charge in [-0.25, -0.2) is 4.98 Å². The van der Waals surface area contributed by atoms with Crippen LogP contribution in [0.4, 0.5) is 5.82 Å². The van der Waals surface area contributed by atoms with E-state index in [2.05, 4.69) is 9.88 Å². The maximum absolute atomic E-state index is 11.0. The summed E-state index contributed by atoms with van der Waals surface area (Å²) in [6, 6.07) is 3.66. The van der Waals surface area contributed by atoms with Gasteiger partial charge in [0.05, 0.1) is 5.56 Å². The Morgan fingerprint density at radius 1 is 1.12 bits per heavy atom. The van der Waals surface area contributed by atoms with Crippen molar-refractivity contribution in [2.75, 3.05) is 18.0 Å². The Bertz CT molecular complexity index is 344. The first-order valence-electron chi connectivity index (χ1n) is 6.07. The smallest absolute Gasteiger partial charge is 0.153 e. The second kappa shape index (κ2) is 5.64. The Hall–Kier alpha value is -1.38. The van der Waals surface area contributed by atoms with Crippen LogP contribution in [0.3, 0.4) is 0 Å². The van der Waals surface area contributed by atoms with Crippen molar-refractivity contribution in [3.8, 4) is 0 Å². The topological polar surface area (TPSA) is 33.2 Å². The van der Waals surface area contributed by atoms with E-state index in [-0.39, 0.29) is 0 Å². The number of aldehydes is 1. The van der Waals surface area contributed by atoms with Gasteiger partial charge in [0.15, 0.2) is 6.29 Å². The minimum atomic E-state index is 0.711. The van der Waals surface area contributed by atoms with Crippen LogP contribution in [0.1, 0.15) is 42.5 Å². The van der Waals surface area contributed by atoms with Gasteiger partial charge in [0.1, 0.15) is 5.82 Å². The lowest BCUT2D eigenvalue weighted by molar-refractivity contribution is 0.112. The van der Waals surface area contributed by atoms with Crippen molar-refractivity contribution in [2.45, 2.75) is 32.1 Å². The van der Waals surface area contributed by atoms with Gasteiger partial charge in [0.2, 0.25) is 0 Å². The summed E-state index contributed by atoms with van der Waals surface area (Å²) in [6.07, 6.45) is 9.00. The zero-order chi connectivity index (χ0) is 11.2. The lowest BCUT2D eigenvalue weighted by Gasteiger charge is -2.26. The van der Waals surface area contributed by atoms with Crippen molar-refractivity contribution in [1.82, 2.24) is 4.98 Å². The van der Waals surface area contributed by atoms with E-state index in [1.54, 1.807) is 6.20 Å². The van der Waals surface area contributed by atoms with Crippen LogP contribution in [-0.2, 0) is 0 Å². The summed E-state index contributed by atoms with van der Waals surface area (Å²) in [5.41, 5.74) is 0.711. The fourth-order valence-corrected chi connectivity index (χ4v) is 2.22. The Morgan fingerprint density at radius 3 is 2.50 bits per heavy atom. The molecule has 0 saturated carbocycles. The molecule has 3 nitrogen and oxygen atoms in total. The third kappa shape index (κ3) is 2.60. The summed E-state index contributed by atoms with van der Waals surface area (Å²) in [5, 5.41) is 0. The molecular weight excluding hydrogens is 200 g/mol. The average molecular weight is 218 g/mol. The molecule has 86 valence electrons. The predicted molar refractivity (Wildman–Crippen MR) is 64.9 cm³/mol. The molecule has 1 aliphatic rings. The number of nitrogens with zero attached hydrogens (tertiary/aromatic N) is 2. The van der Waals surface area contributed by atoms with Crippen molar-refractivity contribution >= 4 is 12.1 Å². The predicted octanol–water partition coefficient (Wildman–Crippen LogP) is 2.66. The average Bonchev–Trinajstić information content (AvgIpc) is 2.29. The molecule has 0 N–H and O–H groups in total. The number of pyridine rings is 1. The van der Waals surface area contributed by atoms with Crippen LogP contribution in [0.5, 0.6) is 0 Å². The zero-order valence-electron chi connectivity index (χ0n) is 9.56. The van der Waals surface area contributed by atoms with Gasteiger partial charge in [-0.3, -0.25) is 4.79 Å². The molecule has 0 radical (unpaired) electrons. The summed E-state index contributed by atoms with van der Waals surface area (Å²) >= 11 is 0. The molecule has 3 heteroatoms. The van der Waals surface area contributed by atoms with Crippen LogP contribution in [0, 0.1) is 0 Å². The molecule has 0 aliphatic carbocycles. The molecule has 0 bridgehead atoms. The normalized spacial score (nSPS) is 17.6. The van der Waals surface area contributed by atoms with E-state index >= 15 is 0 Å². The number of hydrogen-bond acceptors (Lipinski definition) is 3. The van der Waals surface area contributed by atoms with Crippen LogP contribution >= 0.6 is 0 Å². The highest BCUT2D eigenvalue weighted by Gasteiger charge is 2.13. The summed E-state index contributed by atoms with van der Waals surface area (Å²) in [7, 11) is 0. The molecule has 1 aliphatic heterocycles. The van der Waals surface area contributed by atoms with Gasteiger partial charge < -0.3 is 4.90 Å². The molecule has 0 unspecified atom stereocenters. The SMILES string of the molecule is O=Cc1cccnc1N1CCCCCCC1. The number of carbonyl (C=O) groups is 1. The molecule has 1 aromatic heterocycles. The molecule has 1 fully saturated rings. The van der Waals surface area contributed by atoms with Crippen LogP contribution in [0.25, 0.3) is 0 Å². The lowest BCUT2D eigenvalue weighted by atomic mass is 10.1. The second-order valence-electron chi connectivity index (χ2n) is 4.29. The molecule has 0 spiro atoms. The summed E-state index contributed by atoms with van der Waals surface area (Å²) in [4.78, 5) is 17.6. The summed E-state index contributed by atoms with van der Waals surface area (Å²) < 4.78 is 0. The Balaban J connectivity index is 2.16. The van der Waals surface area contributed by atoms with E-state index in [0.29, 0.717) is 5.56 Å². The molecule has 1 aromatic rings. The first kappa shape index (κ1) is 11.1. The van der Waals surface area contributed by atoms with Crippen LogP contribution in [-0.4, -0.2) is 24.4 Å². The van der Waals surface area contributed by atoms with Crippen molar-refractivity contribution in [2.24, 2.45) is 0 Å². The van der Waals surface area contributed by atoms with Crippen molar-refractivity contribution in [3.63, 3.8) is 0 Å². The highest BCUT2D eigenvalue weighted by molar-refractivity contribution is 5.82. The third-order valence-corrected chi connectivity index (χ3v) is 3.10. The van der Waals surface area contributed by atoms with Crippen LogP contribution in [0.15, 0.2) is 18.3 Å². The van der Waals surface area contributed by atoms with Gasteiger partial charge in [-0.05, 0) is 25.0 Å². The number of rotatable bonds is 2. The molecule has 2 rings (SSSR count). The summed E-state index contributed by atoms with van der Waals surface area (Å²) in [5.74, 6) is 0.861. The number of carbonyl (C=O) groups excluding carboxylic acids is 1. The zero-order valence-corrected chi connectivity index (χ0v) is 9.56. The Kier molecular flexibility index (Phi) is 3.91. The van der Waals surface area contributed by atoms with E-state index in [9.17, 15) is 4.79 Å². The van der Waals surface area contributed by atoms with E-state index in [1.165, 1.54) is 32.1 Å². The van der Waals surface area contributed by atoms with Crippen molar-refractivity contribution < 1.29 is 4.79 Å². The highest BCUT2D eigenvalue weighted by atomic mass is 16.1. The van der Waals surface area contributed by atoms with Crippen LogP contribution in [0.2, 0.25) is 0 Å². The maximum atomic E-state index is 11.0. The van der Waals surface area contributed by atoms with Gasteiger partial charge in [-0.1, -0.05) is 19.3 Å². The monoisotopic (exact) mass is 218 g/mol. The standard InChI is InChI=1S/C13H18N2O/c16-11-12-7-6-8-14-13(12)15-9-4-2-1-3-5-10-15/h6-8,11H,1-5,9-10H2. The molecule has 0 aromatic carbocycles. The molecule has 16 heavy (non-hydrogen) atoms. The van der Waals surface area contributed by atoms with Gasteiger partial charge in [0, 0.05) is 19.3 Å². The fraction of sp³-hybridized carbons (Fsp3) is 0.538. The fourth-order valence-electron chi connectivity index (χ4n) is 2.22. The Labute approximate surface area is 96.5 Å². The number of anilines is 1. The minimum Gasteiger partial charge on any atom is -0.356 e. The van der Waals surface area contributed by atoms with Gasteiger partial charge in [-0.2, -0.15) is 0 Å².